The summed E-state index contributed by atoms with van der Waals surface area (Å²) >= 11 is 0. The first-order valence-electron chi connectivity index (χ1n) is 21.2. The Kier molecular flexibility index (Phi) is 10.2. The Bertz CT molecular complexity index is 2190. The number of urea groups is 1. The van der Waals surface area contributed by atoms with Crippen LogP contribution in [0.3, 0.4) is 0 Å². The molecule has 2 atom stereocenters. The number of likely N-dealkylation sites (tertiary alicyclic amines) is 2. The first kappa shape index (κ1) is 39.5. The highest BCUT2D eigenvalue weighted by Crippen LogP contribution is 2.40. The van der Waals surface area contributed by atoms with Crippen LogP contribution in [-0.4, -0.2) is 143 Å². The van der Waals surface area contributed by atoms with E-state index >= 15 is 0 Å². The third kappa shape index (κ3) is 7.22. The summed E-state index contributed by atoms with van der Waals surface area (Å²) in [5, 5.41) is 12.3. The quantitative estimate of drug-likeness (QED) is 0.232. The van der Waals surface area contributed by atoms with Gasteiger partial charge in [0.2, 0.25) is 11.8 Å². The predicted molar refractivity (Wildman–Crippen MR) is 223 cm³/mol. The first-order chi connectivity index (χ1) is 28.9. The summed E-state index contributed by atoms with van der Waals surface area (Å²) < 4.78 is 0. The number of amides is 7. The number of hydrogen-bond acceptors (Lipinski definition) is 12. The van der Waals surface area contributed by atoms with Crippen LogP contribution < -0.4 is 27.0 Å². The van der Waals surface area contributed by atoms with Gasteiger partial charge in [0.15, 0.2) is 5.82 Å². The molecule has 2 aromatic rings. The molecule has 6 N–H and O–H groups in total. The highest BCUT2D eigenvalue weighted by Gasteiger charge is 2.47. The molecule has 2 aromatic carbocycles. The van der Waals surface area contributed by atoms with Crippen LogP contribution in [0, 0.1) is 0 Å². The summed E-state index contributed by atoms with van der Waals surface area (Å²) in [7, 11) is 1.84. The molecule has 7 aliphatic rings. The fraction of sp³-hybridized carbons (Fsp3) is 0.512. The van der Waals surface area contributed by atoms with Gasteiger partial charge in [-0.2, -0.15) is 0 Å². The monoisotopic (exact) mass is 819 g/mol. The molecule has 17 nitrogen and oxygen atoms in total. The molecule has 0 spiro atoms. The smallest absolute Gasteiger partial charge is 0.320 e. The molecule has 9 rings (SSSR count). The maximum Gasteiger partial charge on any atom is 0.320 e. The minimum absolute atomic E-state index is 0.00593. The molecule has 1 saturated carbocycles. The number of aliphatic imine (C=N–C) groups is 1. The van der Waals surface area contributed by atoms with Gasteiger partial charge in [-0.05, 0) is 93.3 Å². The largest absolute Gasteiger partial charge is 0.382 e. The van der Waals surface area contributed by atoms with Crippen molar-refractivity contribution in [3.63, 3.8) is 0 Å². The topological polar surface area (TPSA) is 205 Å². The van der Waals surface area contributed by atoms with Gasteiger partial charge in [-0.3, -0.25) is 34.2 Å². The first-order valence-corrected chi connectivity index (χ1v) is 21.2. The van der Waals surface area contributed by atoms with E-state index in [9.17, 15) is 28.8 Å². The molecule has 316 valence electrons. The number of nitrogens with two attached hydrogens (primary N) is 1. The van der Waals surface area contributed by atoms with E-state index in [4.69, 9.17) is 10.7 Å². The molecule has 4 saturated heterocycles. The van der Waals surface area contributed by atoms with E-state index in [1.54, 1.807) is 17.0 Å². The van der Waals surface area contributed by atoms with Crippen molar-refractivity contribution in [2.75, 3.05) is 63.5 Å². The summed E-state index contributed by atoms with van der Waals surface area (Å²) in [6, 6.07) is 13.3. The summed E-state index contributed by atoms with van der Waals surface area (Å²) in [5.41, 5.74) is 9.23. The number of nitrogens with zero attached hydrogens (tertiary/aromatic N) is 6. The average molecular weight is 820 g/mol. The standard InChI is InChI=1S/C43H53N11O6/c1-43(25-8-10-26(11-9-25)47-38-36(37(44)56)45-23-33(48-38)52-16-4-5-28(24-52)53-20-19-50(2)42(53)60)14-17-51(18-15-43)29-21-27(22-29)46-31-7-3-6-30-35(31)41(59)54(40(30)58)32-12-13-34(55)49-39(32)57/h3,6-11,27-29,32,45-47H,4-5,12-24H2,1-2H3,(H2,44,56)(H,49,55,57)/t27-,28-,29-,32?/m0/s1. The number of carbonyl (C=O) groups excluding carboxylic acids is 6. The third-order valence-electron chi connectivity index (χ3n) is 13.8. The van der Waals surface area contributed by atoms with Gasteiger partial charge in [0.1, 0.15) is 17.6 Å². The maximum atomic E-state index is 13.6. The van der Waals surface area contributed by atoms with Crippen LogP contribution in [0.25, 0.3) is 0 Å². The number of anilines is 2. The highest BCUT2D eigenvalue weighted by atomic mass is 16.2. The molecule has 5 fully saturated rings. The molecule has 17 heteroatoms. The summed E-state index contributed by atoms with van der Waals surface area (Å²) in [4.78, 5) is 90.6. The van der Waals surface area contributed by atoms with Crippen LogP contribution >= 0.6 is 0 Å². The second kappa shape index (κ2) is 15.6. The zero-order chi connectivity index (χ0) is 41.9. The van der Waals surface area contributed by atoms with Gasteiger partial charge in [-0.25, -0.2) is 9.79 Å². The fourth-order valence-electron chi connectivity index (χ4n) is 10.0. The highest BCUT2D eigenvalue weighted by molar-refractivity contribution is 6.25. The van der Waals surface area contributed by atoms with Crippen LogP contribution in [-0.2, 0) is 19.8 Å². The third-order valence-corrected chi connectivity index (χ3v) is 13.8. The number of nitrogens with one attached hydrogen (secondary N) is 4. The zero-order valence-corrected chi connectivity index (χ0v) is 34.2. The van der Waals surface area contributed by atoms with Crippen molar-refractivity contribution >= 4 is 52.8 Å². The lowest BCUT2D eigenvalue weighted by Gasteiger charge is -2.48. The van der Waals surface area contributed by atoms with E-state index in [0.29, 0.717) is 36.2 Å². The van der Waals surface area contributed by atoms with Crippen molar-refractivity contribution in [3.05, 3.63) is 70.7 Å². The van der Waals surface area contributed by atoms with E-state index in [1.807, 2.05) is 30.1 Å². The van der Waals surface area contributed by atoms with Gasteiger partial charge in [-0.15, -0.1) is 0 Å². The van der Waals surface area contributed by atoms with Crippen molar-refractivity contribution in [1.29, 1.82) is 0 Å². The number of fused-ring (bicyclic) bond motifs is 1. The number of imide groups is 2. The van der Waals surface area contributed by atoms with Gasteiger partial charge in [0, 0.05) is 63.1 Å². The van der Waals surface area contributed by atoms with Crippen molar-refractivity contribution < 1.29 is 28.8 Å². The lowest BCUT2D eigenvalue weighted by molar-refractivity contribution is -0.136. The lowest BCUT2D eigenvalue weighted by atomic mass is 9.73. The Morgan fingerprint density at radius 1 is 0.917 bits per heavy atom. The van der Waals surface area contributed by atoms with Crippen molar-refractivity contribution in [1.82, 2.24) is 35.1 Å². The number of likely N-dealkylation sites (N-methyl/N-ethyl adjacent to an activating group) is 1. The minimum Gasteiger partial charge on any atom is -0.382 e. The molecule has 6 heterocycles. The van der Waals surface area contributed by atoms with Crippen LogP contribution in [0.2, 0.25) is 0 Å². The Hall–Kier alpha value is -5.97. The Labute approximate surface area is 348 Å². The van der Waals surface area contributed by atoms with Crippen molar-refractivity contribution in [2.24, 2.45) is 10.7 Å². The Morgan fingerprint density at radius 2 is 1.68 bits per heavy atom. The number of rotatable bonds is 9. The van der Waals surface area contributed by atoms with Gasteiger partial charge in [0.25, 0.3) is 17.7 Å². The van der Waals surface area contributed by atoms with Crippen LogP contribution in [0.4, 0.5) is 16.2 Å². The molecule has 0 aromatic heterocycles. The molecule has 6 aliphatic heterocycles. The molecule has 1 unspecified atom stereocenters. The minimum atomic E-state index is -0.996. The fourth-order valence-corrected chi connectivity index (χ4v) is 10.0. The summed E-state index contributed by atoms with van der Waals surface area (Å²) in [6.07, 6.45) is 5.92. The SMILES string of the molecule is CN1CCN([C@H]2CCCN(C3=NC(Nc4ccc(C5(C)CCN([C@H]6C[C@H](Nc7cccc8c7C(=O)N(C7CCC(=O)NC7=O)C8=O)C6)CC5)cc4)=C(C(N)=O)NC3)C2)C1=O. The Morgan fingerprint density at radius 3 is 2.38 bits per heavy atom. The number of benzene rings is 2. The van der Waals surface area contributed by atoms with Gasteiger partial charge >= 0.3 is 6.03 Å². The van der Waals surface area contributed by atoms with Gasteiger partial charge in [-0.1, -0.05) is 25.1 Å². The molecule has 1 aliphatic carbocycles. The number of hydrogen-bond donors (Lipinski definition) is 5. The number of amidine groups is 1. The number of piperidine rings is 3. The molecule has 0 bridgehead atoms. The molecule has 60 heavy (non-hydrogen) atoms. The molecule has 0 radical (unpaired) electrons. The second-order valence-electron chi connectivity index (χ2n) is 17.5. The summed E-state index contributed by atoms with van der Waals surface area (Å²) in [6.45, 7) is 7.60. The molecule has 7 amide bonds. The average Bonchev–Trinajstić information content (AvgIpc) is 3.70. The summed E-state index contributed by atoms with van der Waals surface area (Å²) in [5.74, 6) is -1.41. The normalized spacial score (nSPS) is 27.0. The zero-order valence-electron chi connectivity index (χ0n) is 34.2. The van der Waals surface area contributed by atoms with E-state index in [2.05, 4.69) is 50.1 Å². The number of primary amides is 1. The number of carbonyl (C=O) groups is 6. The Balaban J connectivity index is 0.786. The second-order valence-corrected chi connectivity index (χ2v) is 17.5. The van der Waals surface area contributed by atoms with Crippen molar-refractivity contribution in [3.8, 4) is 0 Å². The van der Waals surface area contributed by atoms with Crippen LogP contribution in [0.5, 0.6) is 0 Å². The van der Waals surface area contributed by atoms with Gasteiger partial charge < -0.3 is 41.3 Å². The van der Waals surface area contributed by atoms with Crippen LogP contribution in [0.1, 0.15) is 84.6 Å². The maximum absolute atomic E-state index is 13.6. The van der Waals surface area contributed by atoms with E-state index in [-0.39, 0.29) is 47.6 Å². The lowest BCUT2D eigenvalue weighted by Crippen LogP contribution is -2.54. The van der Waals surface area contributed by atoms with E-state index in [0.717, 1.165) is 87.7 Å². The van der Waals surface area contributed by atoms with Gasteiger partial charge in [0.05, 0.1) is 23.7 Å². The predicted octanol–water partition coefficient (Wildman–Crippen LogP) is 1.98. The van der Waals surface area contributed by atoms with Crippen LogP contribution in [0.15, 0.2) is 59.0 Å². The van der Waals surface area contributed by atoms with Crippen molar-refractivity contribution in [2.45, 2.75) is 87.9 Å². The van der Waals surface area contributed by atoms with E-state index < -0.39 is 35.6 Å². The molecular weight excluding hydrogens is 767 g/mol. The molecular formula is C43H53N11O6. The van der Waals surface area contributed by atoms with E-state index in [1.165, 1.54) is 5.56 Å².